The summed E-state index contributed by atoms with van der Waals surface area (Å²) in [5.41, 5.74) is 22.5. The summed E-state index contributed by atoms with van der Waals surface area (Å²) >= 11 is 10.5. The van der Waals surface area contributed by atoms with Crippen LogP contribution in [0.15, 0.2) is 296 Å². The molecule has 0 spiro atoms. The Bertz CT molecular complexity index is 5870. The second-order valence-electron chi connectivity index (χ2n) is 24.1. The molecule has 0 atom stereocenters. The summed E-state index contributed by atoms with van der Waals surface area (Å²) in [5, 5.41) is 14.6. The zero-order valence-electron chi connectivity index (χ0n) is 53.2. The largest absolute Gasteiger partial charge is 1.00 e. The molecule has 0 N–H and O–H groups in total. The Morgan fingerprint density at radius 3 is 1.15 bits per heavy atom. The summed E-state index contributed by atoms with van der Waals surface area (Å²) in [5.74, 6) is 0. The monoisotopic (exact) mass is 1350 g/mol. The number of benzene rings is 12. The molecule has 13 heteroatoms. The fourth-order valence-electron chi connectivity index (χ4n) is 14.9. The predicted octanol–water partition coefficient (Wildman–Crippen LogP) is 17.4. The van der Waals surface area contributed by atoms with Gasteiger partial charge in [-0.1, -0.05) is 235 Å². The summed E-state index contributed by atoms with van der Waals surface area (Å²) in [7, 11) is 0. The van der Waals surface area contributed by atoms with Gasteiger partial charge in [0.15, 0.2) is 0 Å². The zero-order valence-corrected chi connectivity index (χ0v) is 55.5. The first-order valence-electron chi connectivity index (χ1n) is 32.2. The number of pyridine rings is 4. The molecule has 0 fully saturated rings. The van der Waals surface area contributed by atoms with Gasteiger partial charge < -0.3 is 16.1 Å². The van der Waals surface area contributed by atoms with Gasteiger partial charge in [-0.2, -0.15) is 17.9 Å². The molecule has 0 aliphatic carbocycles. The number of para-hydroxylation sites is 4. The van der Waals surface area contributed by atoms with E-state index in [4.69, 9.17) is 30.6 Å². The van der Waals surface area contributed by atoms with Crippen molar-refractivity contribution in [2.75, 3.05) is 0 Å². The Kier molecular flexibility index (Phi) is 18.4. The minimum absolute atomic E-state index is 0. The van der Waals surface area contributed by atoms with Gasteiger partial charge in [-0.25, -0.2) is 0 Å². The molecule has 18 aromatic rings. The number of fused-ring (bicyclic) bond motifs is 26. The van der Waals surface area contributed by atoms with Crippen molar-refractivity contribution < 1.29 is 28.0 Å². The number of halogens is 4. The van der Waals surface area contributed by atoms with E-state index in [1.54, 1.807) is 0 Å². The Morgan fingerprint density at radius 2 is 0.714 bits per heavy atom. The van der Waals surface area contributed by atoms with Crippen LogP contribution in [0, 0.1) is 6.92 Å². The average molecular weight is 1350 g/mol. The number of unbranched alkanes of at least 4 members (excludes halogenated alkanes) is 1. The molecule has 0 radical (unpaired) electrons. The van der Waals surface area contributed by atoms with Crippen molar-refractivity contribution in [1.29, 1.82) is 0 Å². The molecule has 6 nitrogen and oxygen atoms in total. The summed E-state index contributed by atoms with van der Waals surface area (Å²) in [6.45, 7) is 5.83. The van der Waals surface area contributed by atoms with Gasteiger partial charge in [0, 0.05) is 92.9 Å². The van der Waals surface area contributed by atoms with E-state index in [-0.39, 0.29) is 39.1 Å². The van der Waals surface area contributed by atoms with Crippen molar-refractivity contribution in [3.05, 3.63) is 303 Å². The van der Waals surface area contributed by atoms with Gasteiger partial charge in [0.05, 0.1) is 44.1 Å². The minimum atomic E-state index is -0.151. The van der Waals surface area contributed by atoms with Crippen LogP contribution < -0.4 is 46.2 Å². The van der Waals surface area contributed by atoms with Gasteiger partial charge >= 0.3 is 25.0 Å². The van der Waals surface area contributed by atoms with E-state index >= 15 is 0 Å². The van der Waals surface area contributed by atoms with Crippen molar-refractivity contribution in [2.45, 2.75) is 27.2 Å². The van der Waals surface area contributed by atoms with Crippen LogP contribution in [0.4, 0.5) is 9.15 Å². The van der Waals surface area contributed by atoms with Crippen molar-refractivity contribution in [2.24, 2.45) is 0 Å². The zero-order chi connectivity index (χ0) is 65.0. The van der Waals surface area contributed by atoms with E-state index in [9.17, 15) is 0 Å². The van der Waals surface area contributed by atoms with Crippen molar-refractivity contribution in [1.82, 2.24) is 29.1 Å². The van der Waals surface area contributed by atoms with Crippen molar-refractivity contribution in [3.8, 4) is 33.6 Å². The minimum Gasteiger partial charge on any atom is -0.343 e. The van der Waals surface area contributed by atoms with Crippen LogP contribution in [0.3, 0.4) is 0 Å². The molecular formula is C85H61B2BrClF2LiN6. The van der Waals surface area contributed by atoms with Gasteiger partial charge in [-0.05, 0) is 140 Å². The Labute approximate surface area is 592 Å². The number of rotatable bonds is 4. The van der Waals surface area contributed by atoms with Gasteiger partial charge in [0.2, 0.25) is 6.71 Å². The fourth-order valence-corrected chi connectivity index (χ4v) is 15.6. The number of hydrogen-bond acceptors (Lipinski definition) is 4. The van der Waals surface area contributed by atoms with Gasteiger partial charge in [0.25, 0.3) is 0 Å². The molecule has 0 bridgehead atoms. The second kappa shape index (κ2) is 27.7. The van der Waals surface area contributed by atoms with E-state index in [0.29, 0.717) is 0 Å². The molecule has 2 aliphatic rings. The average Bonchev–Trinajstić information content (AvgIpc) is 1.17. The molecule has 0 unspecified atom stereocenters. The van der Waals surface area contributed by atoms with Crippen LogP contribution in [-0.4, -0.2) is 41.9 Å². The molecule has 8 heterocycles. The molecule has 0 saturated carbocycles. The predicted molar refractivity (Wildman–Crippen MR) is 414 cm³/mol. The second-order valence-corrected chi connectivity index (χ2v) is 25.5. The molecule has 0 saturated heterocycles. The van der Waals surface area contributed by atoms with Gasteiger partial charge in [-0.3, -0.25) is 19.9 Å². The third kappa shape index (κ3) is 10.8. The molecule has 12 aromatic carbocycles. The molecule has 466 valence electrons. The van der Waals surface area contributed by atoms with E-state index in [0.717, 1.165) is 54.5 Å². The van der Waals surface area contributed by atoms with Crippen LogP contribution in [0.5, 0.6) is 0 Å². The SMILES string of the molecule is Brc1ccc(-n2c3ccccc3c3ccccc32)cc1.C.ClB1c2ccccc2-c2ccc3c4cccnc4c4ncccc4c3c21.FF.[CH2-]CCC.[Li+].c1ccc2c(c1)B(c1ccc(-n3c4ccccc4c4ccccc43)cc1)c1c-2ccc2c3cccnc3c3ncccc3c12. The van der Waals surface area contributed by atoms with Crippen LogP contribution in [0.25, 0.3) is 142 Å². The van der Waals surface area contributed by atoms with E-state index in [2.05, 4.69) is 292 Å². The molecule has 98 heavy (non-hydrogen) atoms. The third-order valence-corrected chi connectivity index (χ3v) is 20.0. The smallest absolute Gasteiger partial charge is 0.343 e. The van der Waals surface area contributed by atoms with E-state index in [1.165, 1.54) is 133 Å². The Hall–Kier alpha value is -10.2. The maximum atomic E-state index is 8.00. The topological polar surface area (TPSA) is 61.4 Å². The maximum absolute atomic E-state index is 8.00. The van der Waals surface area contributed by atoms with Crippen molar-refractivity contribution >= 4 is 176 Å². The fraction of sp³-hybridized carbons (Fsp3) is 0.0471. The summed E-state index contributed by atoms with van der Waals surface area (Å²) in [6, 6.07) is 95.2. The maximum Gasteiger partial charge on any atom is 1.00 e. The van der Waals surface area contributed by atoms with Gasteiger partial charge in [-0.15, -0.1) is 0 Å². The standard InChI is InChI=1S/C40H24BN3.C22H12BClN2.C18H12BrN.C4H9.CH4.F2.Li/c1-4-14-34-27(9-1)31-22-21-30-32-12-7-23-42-39(32)40-33(13-8-24-43-40)37(30)38(31)41(34)25-17-19-26(20-18-25)44-35-15-5-2-10-28(35)29-11-3-6-16-36(29)44;24-23-18-8-2-1-5-13(18)15-10-9-14-16-6-3-11-25-21(16)22-17(7-4-12-26-22)19(14)20(15)23;19-13-9-11-14(12-10-13)20-17-7-3-1-5-15(17)16-6-2-4-8-18(16)20;1-3-4-2;;1-2;/h1-24H;1-12H;1-12H;1,3-4H2,2H3;1H4;;/q;;;-1;;;+1. The van der Waals surface area contributed by atoms with Crippen LogP contribution >= 0.6 is 27.4 Å². The molecular weight excluding hydrogens is 1290 g/mol. The summed E-state index contributed by atoms with van der Waals surface area (Å²) in [4.78, 5) is 18.9. The first-order valence-corrected chi connectivity index (χ1v) is 33.4. The number of nitrogens with zero attached hydrogens (tertiary/aromatic N) is 6. The quantitative estimate of drug-likeness (QED) is 0.100. The van der Waals surface area contributed by atoms with Gasteiger partial charge in [0.1, 0.15) is 0 Å². The summed E-state index contributed by atoms with van der Waals surface area (Å²) < 4.78 is 21.8. The van der Waals surface area contributed by atoms with Crippen LogP contribution in [0.2, 0.25) is 0 Å². The Balaban J connectivity index is 0.000000129. The van der Waals surface area contributed by atoms with Crippen molar-refractivity contribution in [3.63, 3.8) is 0 Å². The Morgan fingerprint density at radius 1 is 0.378 bits per heavy atom. The van der Waals surface area contributed by atoms with Crippen LogP contribution in [0.1, 0.15) is 27.2 Å². The molecule has 6 aromatic heterocycles. The first-order chi connectivity index (χ1) is 47.5. The molecule has 0 amide bonds. The first kappa shape index (κ1) is 65.1. The third-order valence-electron chi connectivity index (χ3n) is 19.0. The van der Waals surface area contributed by atoms with E-state index in [1.807, 2.05) is 49.1 Å². The number of hydrogen-bond donors (Lipinski definition) is 0. The molecule has 2 aliphatic heterocycles. The summed E-state index contributed by atoms with van der Waals surface area (Å²) in [6.07, 6.45) is 9.54. The molecule has 20 rings (SSSR count). The number of aromatic nitrogens is 6. The van der Waals surface area contributed by atoms with Crippen LogP contribution in [-0.2, 0) is 0 Å². The van der Waals surface area contributed by atoms with E-state index < -0.39 is 0 Å². The normalized spacial score (nSPS) is 11.7.